The molecule has 0 aromatic carbocycles. The van der Waals surface area contributed by atoms with Crippen LogP contribution in [0, 0.1) is 6.92 Å². The lowest BCUT2D eigenvalue weighted by molar-refractivity contribution is -0.127. The van der Waals surface area contributed by atoms with E-state index < -0.39 is 0 Å². The second-order valence-electron chi connectivity index (χ2n) is 7.69. The third-order valence-corrected chi connectivity index (χ3v) is 5.53. The molecule has 138 valence electrons. The minimum absolute atomic E-state index is 0.0885. The smallest absolute Gasteiger partial charge is 0.257 e. The van der Waals surface area contributed by atoms with Crippen LogP contribution in [0.4, 0.5) is 0 Å². The summed E-state index contributed by atoms with van der Waals surface area (Å²) < 4.78 is 5.78. The zero-order valence-electron chi connectivity index (χ0n) is 15.7. The number of nitrogens with zero attached hydrogens (tertiary/aromatic N) is 2. The number of rotatable bonds is 5. The first-order valence-corrected chi connectivity index (χ1v) is 9.66. The molecule has 0 radical (unpaired) electrons. The maximum Gasteiger partial charge on any atom is 0.257 e. The average Bonchev–Trinajstić information content (AvgIpc) is 3.18. The van der Waals surface area contributed by atoms with E-state index in [0.717, 1.165) is 57.5 Å². The molecule has 0 unspecified atom stereocenters. The lowest BCUT2D eigenvalue weighted by Gasteiger charge is -2.36. The number of furan rings is 1. The van der Waals surface area contributed by atoms with Crippen LogP contribution in [0.25, 0.3) is 0 Å². The van der Waals surface area contributed by atoms with Gasteiger partial charge in [-0.2, -0.15) is 0 Å². The molecule has 2 saturated heterocycles. The van der Waals surface area contributed by atoms with E-state index in [1.54, 1.807) is 0 Å². The average molecular weight is 346 g/mol. The predicted octanol–water partition coefficient (Wildman–Crippen LogP) is 3.72. The van der Waals surface area contributed by atoms with Gasteiger partial charge in [0, 0.05) is 38.0 Å². The Morgan fingerprint density at radius 3 is 2.72 bits per heavy atom. The normalized spacial score (nSPS) is 21.4. The number of piperidine rings is 1. The molecule has 0 bridgehead atoms. The minimum atomic E-state index is 0.0885. The molecule has 3 rings (SSSR count). The lowest BCUT2D eigenvalue weighted by atomic mass is 9.97. The van der Waals surface area contributed by atoms with Gasteiger partial charge in [0.25, 0.3) is 5.91 Å². The maximum absolute atomic E-state index is 13.1. The van der Waals surface area contributed by atoms with Gasteiger partial charge in [-0.3, -0.25) is 9.59 Å². The van der Waals surface area contributed by atoms with Crippen LogP contribution in [0.2, 0.25) is 0 Å². The number of carbonyl (C=O) groups excluding carboxylic acids is 2. The van der Waals surface area contributed by atoms with Gasteiger partial charge in [0.2, 0.25) is 5.91 Å². The minimum Gasteiger partial charge on any atom is -0.465 e. The van der Waals surface area contributed by atoms with Crippen molar-refractivity contribution in [1.82, 2.24) is 9.80 Å². The lowest BCUT2D eigenvalue weighted by Crippen LogP contribution is -2.45. The van der Waals surface area contributed by atoms with Gasteiger partial charge in [-0.15, -0.1) is 0 Å². The summed E-state index contributed by atoms with van der Waals surface area (Å²) in [5.41, 5.74) is 0.702. The van der Waals surface area contributed by atoms with E-state index in [1.807, 2.05) is 22.8 Å². The number of likely N-dealkylation sites (tertiary alicyclic amines) is 2. The van der Waals surface area contributed by atoms with Gasteiger partial charge in [-0.25, -0.2) is 0 Å². The Hall–Kier alpha value is -1.78. The van der Waals surface area contributed by atoms with Crippen LogP contribution in [0.5, 0.6) is 0 Å². The number of amides is 2. The summed E-state index contributed by atoms with van der Waals surface area (Å²) in [7, 11) is 0. The third kappa shape index (κ3) is 3.91. The first kappa shape index (κ1) is 18.0. The van der Waals surface area contributed by atoms with Gasteiger partial charge in [0.1, 0.15) is 11.5 Å². The molecular formula is C20H30N2O3. The van der Waals surface area contributed by atoms with Crippen molar-refractivity contribution in [2.45, 2.75) is 71.3 Å². The summed E-state index contributed by atoms with van der Waals surface area (Å²) in [6.45, 7) is 8.47. The van der Waals surface area contributed by atoms with Crippen molar-refractivity contribution >= 4 is 11.8 Å². The molecule has 2 aliphatic rings. The Kier molecular flexibility index (Phi) is 5.50. The Labute approximate surface area is 150 Å². The quantitative estimate of drug-likeness (QED) is 0.816. The fraction of sp³-hybridized carbons (Fsp3) is 0.700. The van der Waals surface area contributed by atoms with Gasteiger partial charge in [0.05, 0.1) is 5.56 Å². The van der Waals surface area contributed by atoms with Gasteiger partial charge >= 0.3 is 0 Å². The summed E-state index contributed by atoms with van der Waals surface area (Å²) in [6, 6.07) is 2.14. The topological polar surface area (TPSA) is 53.8 Å². The van der Waals surface area contributed by atoms with Crippen LogP contribution in [0.15, 0.2) is 10.5 Å². The standard InChI is InChI=1S/C20H30N2O3/c1-14(2)18-13-17(15(3)25-18)20(24)22-11-5-4-7-16(22)9-12-21-10-6-8-19(21)23/h13-14,16H,4-12H2,1-3H3/t16-/m0/s1. The van der Waals surface area contributed by atoms with Crippen LogP contribution in [-0.4, -0.2) is 47.3 Å². The first-order valence-electron chi connectivity index (χ1n) is 9.66. The summed E-state index contributed by atoms with van der Waals surface area (Å²) >= 11 is 0. The van der Waals surface area contributed by atoms with E-state index in [9.17, 15) is 9.59 Å². The molecule has 2 aliphatic heterocycles. The summed E-state index contributed by atoms with van der Waals surface area (Å²) in [6.07, 6.45) is 5.77. The van der Waals surface area contributed by atoms with Gasteiger partial charge in [-0.05, 0) is 45.1 Å². The van der Waals surface area contributed by atoms with Crippen molar-refractivity contribution < 1.29 is 14.0 Å². The first-order chi connectivity index (χ1) is 12.0. The molecule has 0 N–H and O–H groups in total. The SMILES string of the molecule is Cc1oc(C(C)C)cc1C(=O)N1CCCC[C@H]1CCN1CCCC1=O. The van der Waals surface area contributed by atoms with E-state index in [0.29, 0.717) is 17.7 Å². The number of aryl methyl sites for hydroxylation is 1. The second kappa shape index (κ2) is 7.63. The molecule has 0 aliphatic carbocycles. The molecule has 3 heterocycles. The molecule has 0 saturated carbocycles. The molecule has 25 heavy (non-hydrogen) atoms. The summed E-state index contributed by atoms with van der Waals surface area (Å²) in [5, 5.41) is 0. The number of hydrogen-bond acceptors (Lipinski definition) is 3. The van der Waals surface area contributed by atoms with Crippen LogP contribution in [0.1, 0.15) is 80.2 Å². The van der Waals surface area contributed by atoms with Crippen molar-refractivity contribution in [3.05, 3.63) is 23.2 Å². The number of hydrogen-bond donors (Lipinski definition) is 0. The van der Waals surface area contributed by atoms with Crippen LogP contribution in [0.3, 0.4) is 0 Å². The highest BCUT2D eigenvalue weighted by Gasteiger charge is 2.31. The molecule has 1 aromatic heterocycles. The van der Waals surface area contributed by atoms with Crippen molar-refractivity contribution in [3.63, 3.8) is 0 Å². The van der Waals surface area contributed by atoms with E-state index >= 15 is 0 Å². The summed E-state index contributed by atoms with van der Waals surface area (Å²) in [5.74, 6) is 2.22. The molecule has 2 fully saturated rings. The van der Waals surface area contributed by atoms with Crippen LogP contribution >= 0.6 is 0 Å². The highest BCUT2D eigenvalue weighted by atomic mass is 16.3. The third-order valence-electron chi connectivity index (χ3n) is 5.53. The van der Waals surface area contributed by atoms with Gasteiger partial charge in [0.15, 0.2) is 0 Å². The van der Waals surface area contributed by atoms with Gasteiger partial charge in [-0.1, -0.05) is 13.8 Å². The largest absolute Gasteiger partial charge is 0.465 e. The van der Waals surface area contributed by atoms with E-state index in [2.05, 4.69) is 13.8 Å². The number of carbonyl (C=O) groups is 2. The van der Waals surface area contributed by atoms with E-state index in [1.165, 1.54) is 0 Å². The molecule has 0 spiro atoms. The van der Waals surface area contributed by atoms with E-state index in [4.69, 9.17) is 4.42 Å². The van der Waals surface area contributed by atoms with Crippen molar-refractivity contribution in [2.24, 2.45) is 0 Å². The maximum atomic E-state index is 13.1. The summed E-state index contributed by atoms with van der Waals surface area (Å²) in [4.78, 5) is 28.9. The monoisotopic (exact) mass is 346 g/mol. The van der Waals surface area contributed by atoms with Crippen molar-refractivity contribution in [3.8, 4) is 0 Å². The molecule has 2 amide bonds. The Morgan fingerprint density at radius 2 is 2.08 bits per heavy atom. The van der Waals surface area contributed by atoms with Crippen LogP contribution in [-0.2, 0) is 4.79 Å². The fourth-order valence-electron chi connectivity index (χ4n) is 3.97. The van der Waals surface area contributed by atoms with Crippen LogP contribution < -0.4 is 0 Å². The predicted molar refractivity (Wildman–Crippen MR) is 96.6 cm³/mol. The van der Waals surface area contributed by atoms with E-state index in [-0.39, 0.29) is 23.8 Å². The molecule has 1 aromatic rings. The zero-order valence-corrected chi connectivity index (χ0v) is 15.7. The van der Waals surface area contributed by atoms with Gasteiger partial charge < -0.3 is 14.2 Å². The highest BCUT2D eigenvalue weighted by Crippen LogP contribution is 2.27. The van der Waals surface area contributed by atoms with Crippen molar-refractivity contribution in [2.75, 3.05) is 19.6 Å². The highest BCUT2D eigenvalue weighted by molar-refractivity contribution is 5.95. The Bertz CT molecular complexity index is 635. The molecular weight excluding hydrogens is 316 g/mol. The Morgan fingerprint density at radius 1 is 1.28 bits per heavy atom. The fourth-order valence-corrected chi connectivity index (χ4v) is 3.97. The molecule has 5 nitrogen and oxygen atoms in total. The molecule has 1 atom stereocenters. The van der Waals surface area contributed by atoms with Crippen molar-refractivity contribution in [1.29, 1.82) is 0 Å². The molecule has 5 heteroatoms. The zero-order chi connectivity index (χ0) is 18.0. The second-order valence-corrected chi connectivity index (χ2v) is 7.69. The Balaban J connectivity index is 1.69.